The Morgan fingerprint density at radius 1 is 1.00 bits per heavy atom. The summed E-state index contributed by atoms with van der Waals surface area (Å²) in [7, 11) is 0. The Balaban J connectivity index is 1.23. The third-order valence-corrected chi connectivity index (χ3v) is 6.57. The number of fused-ring (bicyclic) bond motifs is 1. The normalized spacial score (nSPS) is 12.0. The van der Waals surface area contributed by atoms with Crippen molar-refractivity contribution in [1.29, 1.82) is 0 Å². The molecule has 0 radical (unpaired) electrons. The summed E-state index contributed by atoms with van der Waals surface area (Å²) in [6.45, 7) is 6.71. The maximum absolute atomic E-state index is 12.0. The van der Waals surface area contributed by atoms with Gasteiger partial charge in [0.05, 0.1) is 11.0 Å². The summed E-state index contributed by atoms with van der Waals surface area (Å²) in [6.07, 6.45) is 4.49. The third-order valence-electron chi connectivity index (χ3n) is 6.57. The first-order valence-electron chi connectivity index (χ1n) is 12.4. The van der Waals surface area contributed by atoms with E-state index in [0.717, 1.165) is 50.6 Å². The first-order chi connectivity index (χ1) is 17.9. The minimum atomic E-state index is -0.865. The lowest BCUT2D eigenvalue weighted by molar-refractivity contribution is -0.137. The molecule has 0 saturated carbocycles. The Kier molecular flexibility index (Phi) is 6.68. The number of aliphatic carboxylic acids is 1. The van der Waals surface area contributed by atoms with Crippen LogP contribution in [0.3, 0.4) is 0 Å². The van der Waals surface area contributed by atoms with E-state index in [4.69, 9.17) is 0 Å². The average Bonchev–Trinajstić information content (AvgIpc) is 3.51. The van der Waals surface area contributed by atoms with E-state index in [2.05, 4.69) is 49.6 Å². The van der Waals surface area contributed by atoms with Crippen molar-refractivity contribution in [2.45, 2.75) is 39.8 Å². The molecule has 7 nitrogen and oxygen atoms in total. The van der Waals surface area contributed by atoms with Gasteiger partial charge in [0.1, 0.15) is 6.04 Å². The standard InChI is InChI=1S/C30H31N5O2/c1-19-14-20(2)28(21(3)15-19)32-27(29(36)37)16-22-8-10-24(11-9-22)35-13-12-23(18-35)17-31-30-33-25-6-4-5-7-26(25)34-30/h4-15,18,27,32H,16-17H2,1-3H3,(H,36,37)(H2,31,33,34). The van der Waals surface area contributed by atoms with Gasteiger partial charge in [0, 0.05) is 36.7 Å². The van der Waals surface area contributed by atoms with Gasteiger partial charge >= 0.3 is 5.97 Å². The van der Waals surface area contributed by atoms with Crippen molar-refractivity contribution in [2.24, 2.45) is 0 Å². The molecule has 188 valence electrons. The first kappa shape index (κ1) is 24.2. The Morgan fingerprint density at radius 3 is 2.43 bits per heavy atom. The maximum Gasteiger partial charge on any atom is 0.326 e. The van der Waals surface area contributed by atoms with Crippen LogP contribution < -0.4 is 10.6 Å². The molecule has 1 unspecified atom stereocenters. The summed E-state index contributed by atoms with van der Waals surface area (Å²) < 4.78 is 2.06. The lowest BCUT2D eigenvalue weighted by Crippen LogP contribution is -2.32. The summed E-state index contributed by atoms with van der Waals surface area (Å²) in [6, 6.07) is 21.5. The SMILES string of the molecule is Cc1cc(C)c(NC(Cc2ccc(-n3ccc(CNc4nc5ccccc5[nH]4)c3)cc2)C(=O)O)c(C)c1. The number of rotatable bonds is 9. The fourth-order valence-corrected chi connectivity index (χ4v) is 4.75. The molecule has 0 amide bonds. The van der Waals surface area contributed by atoms with Crippen LogP contribution in [0.4, 0.5) is 11.6 Å². The minimum absolute atomic E-state index is 0.390. The number of nitrogens with zero attached hydrogens (tertiary/aromatic N) is 2. The zero-order valence-corrected chi connectivity index (χ0v) is 21.2. The molecule has 5 aromatic rings. The summed E-state index contributed by atoms with van der Waals surface area (Å²) in [5, 5.41) is 16.5. The molecule has 5 rings (SSSR count). The Bertz CT molecular complexity index is 1490. The van der Waals surface area contributed by atoms with Gasteiger partial charge in [-0.3, -0.25) is 0 Å². The summed E-state index contributed by atoms with van der Waals surface area (Å²) in [5.74, 6) is -0.119. The molecule has 0 spiro atoms. The van der Waals surface area contributed by atoms with Crippen LogP contribution in [0.1, 0.15) is 27.8 Å². The molecule has 2 aromatic heterocycles. The number of aromatic nitrogens is 3. The van der Waals surface area contributed by atoms with Crippen molar-refractivity contribution in [3.05, 3.63) is 107 Å². The van der Waals surface area contributed by atoms with Crippen molar-refractivity contribution in [3.8, 4) is 5.69 Å². The lowest BCUT2D eigenvalue weighted by atomic mass is 10.0. The van der Waals surface area contributed by atoms with E-state index in [1.807, 2.05) is 75.5 Å². The van der Waals surface area contributed by atoms with Crippen LogP contribution in [0.5, 0.6) is 0 Å². The van der Waals surface area contributed by atoms with Gasteiger partial charge in [-0.25, -0.2) is 9.78 Å². The quantitative estimate of drug-likeness (QED) is 0.202. The number of aryl methyl sites for hydroxylation is 3. The highest BCUT2D eigenvalue weighted by Crippen LogP contribution is 2.24. The van der Waals surface area contributed by atoms with Crippen LogP contribution in [0.2, 0.25) is 0 Å². The van der Waals surface area contributed by atoms with Crippen molar-refractivity contribution >= 4 is 28.6 Å². The molecular weight excluding hydrogens is 462 g/mol. The van der Waals surface area contributed by atoms with E-state index in [1.54, 1.807) is 0 Å². The van der Waals surface area contributed by atoms with Gasteiger partial charge in [-0.1, -0.05) is 42.0 Å². The number of aromatic amines is 1. The molecule has 0 saturated heterocycles. The Morgan fingerprint density at radius 2 is 1.73 bits per heavy atom. The predicted molar refractivity (Wildman–Crippen MR) is 149 cm³/mol. The molecular formula is C30H31N5O2. The van der Waals surface area contributed by atoms with Gasteiger partial charge < -0.3 is 25.3 Å². The summed E-state index contributed by atoms with van der Waals surface area (Å²) in [4.78, 5) is 19.9. The van der Waals surface area contributed by atoms with E-state index in [0.29, 0.717) is 13.0 Å². The monoisotopic (exact) mass is 493 g/mol. The first-order valence-corrected chi connectivity index (χ1v) is 12.4. The predicted octanol–water partition coefficient (Wildman–Crippen LogP) is 6.00. The number of imidazole rings is 1. The number of carbonyl (C=O) groups is 1. The van der Waals surface area contributed by atoms with Gasteiger partial charge in [0.25, 0.3) is 0 Å². The molecule has 3 aromatic carbocycles. The van der Waals surface area contributed by atoms with E-state index >= 15 is 0 Å². The maximum atomic E-state index is 12.0. The molecule has 0 aliphatic carbocycles. The molecule has 0 aliphatic rings. The Labute approximate surface area is 216 Å². The van der Waals surface area contributed by atoms with Crippen molar-refractivity contribution in [1.82, 2.24) is 14.5 Å². The molecule has 0 bridgehead atoms. The van der Waals surface area contributed by atoms with Crippen LogP contribution >= 0.6 is 0 Å². The second-order valence-electron chi connectivity index (χ2n) is 9.56. The second kappa shape index (κ2) is 10.2. The fourth-order valence-electron chi connectivity index (χ4n) is 4.75. The number of para-hydroxylation sites is 2. The van der Waals surface area contributed by atoms with Crippen molar-refractivity contribution in [2.75, 3.05) is 10.6 Å². The highest BCUT2D eigenvalue weighted by atomic mass is 16.4. The van der Waals surface area contributed by atoms with Crippen LogP contribution in [-0.4, -0.2) is 31.7 Å². The van der Waals surface area contributed by atoms with E-state index < -0.39 is 12.0 Å². The molecule has 0 fully saturated rings. The highest BCUT2D eigenvalue weighted by Gasteiger charge is 2.20. The van der Waals surface area contributed by atoms with Gasteiger partial charge in [-0.15, -0.1) is 0 Å². The minimum Gasteiger partial charge on any atom is -0.480 e. The van der Waals surface area contributed by atoms with Gasteiger partial charge in [0.2, 0.25) is 5.95 Å². The fraction of sp³-hybridized carbons (Fsp3) is 0.200. The second-order valence-corrected chi connectivity index (χ2v) is 9.56. The van der Waals surface area contributed by atoms with Crippen LogP contribution in [0.25, 0.3) is 16.7 Å². The van der Waals surface area contributed by atoms with Gasteiger partial charge in [0.15, 0.2) is 0 Å². The van der Waals surface area contributed by atoms with Crippen molar-refractivity contribution in [3.63, 3.8) is 0 Å². The van der Waals surface area contributed by atoms with Crippen LogP contribution in [0.15, 0.2) is 79.1 Å². The molecule has 1 atom stereocenters. The van der Waals surface area contributed by atoms with Crippen molar-refractivity contribution < 1.29 is 9.90 Å². The molecule has 4 N–H and O–H groups in total. The van der Waals surface area contributed by atoms with E-state index in [9.17, 15) is 9.90 Å². The molecule has 37 heavy (non-hydrogen) atoms. The number of carboxylic acid groups (broad SMARTS) is 1. The molecule has 2 heterocycles. The van der Waals surface area contributed by atoms with Crippen LogP contribution in [-0.2, 0) is 17.8 Å². The molecule has 7 heteroatoms. The zero-order valence-electron chi connectivity index (χ0n) is 21.2. The zero-order chi connectivity index (χ0) is 25.9. The van der Waals surface area contributed by atoms with E-state index in [-0.39, 0.29) is 0 Å². The largest absolute Gasteiger partial charge is 0.480 e. The lowest BCUT2D eigenvalue weighted by Gasteiger charge is -2.20. The molecule has 0 aliphatic heterocycles. The topological polar surface area (TPSA) is 95.0 Å². The summed E-state index contributed by atoms with van der Waals surface area (Å²) in [5.41, 5.74) is 9.22. The summed E-state index contributed by atoms with van der Waals surface area (Å²) >= 11 is 0. The number of hydrogen-bond acceptors (Lipinski definition) is 4. The Hall–Kier alpha value is -4.52. The number of H-pyrrole nitrogens is 1. The number of nitrogens with one attached hydrogen (secondary N) is 3. The number of anilines is 2. The average molecular weight is 494 g/mol. The number of benzene rings is 3. The van der Waals surface area contributed by atoms with Gasteiger partial charge in [-0.05, 0) is 73.4 Å². The highest BCUT2D eigenvalue weighted by molar-refractivity contribution is 5.79. The smallest absolute Gasteiger partial charge is 0.326 e. The van der Waals surface area contributed by atoms with Crippen LogP contribution in [0, 0.1) is 20.8 Å². The third kappa shape index (κ3) is 5.51. The number of carboxylic acids is 1. The number of hydrogen-bond donors (Lipinski definition) is 4. The van der Waals surface area contributed by atoms with Gasteiger partial charge in [-0.2, -0.15) is 0 Å². The van der Waals surface area contributed by atoms with E-state index in [1.165, 1.54) is 5.56 Å².